The summed E-state index contributed by atoms with van der Waals surface area (Å²) in [5.74, 6) is 0.0761. The molecule has 1 unspecified atom stereocenters. The van der Waals surface area contributed by atoms with Crippen LogP contribution in [0.2, 0.25) is 0 Å². The molecule has 0 aromatic carbocycles. The number of aryl methyl sites for hydroxylation is 1. The van der Waals surface area contributed by atoms with Gasteiger partial charge in [0, 0.05) is 9.91 Å². The van der Waals surface area contributed by atoms with Crippen LogP contribution < -0.4 is 5.32 Å². The van der Waals surface area contributed by atoms with Crippen LogP contribution in [-0.2, 0) is 11.2 Å². The minimum Gasteiger partial charge on any atom is -0.351 e. The minimum atomic E-state index is 0.00557. The van der Waals surface area contributed by atoms with Gasteiger partial charge in [-0.1, -0.05) is 18.2 Å². The lowest BCUT2D eigenvalue weighted by Gasteiger charge is -2.21. The van der Waals surface area contributed by atoms with Gasteiger partial charge in [0.1, 0.15) is 0 Å². The zero-order chi connectivity index (χ0) is 11.5. The van der Waals surface area contributed by atoms with E-state index in [-0.39, 0.29) is 11.8 Å². The van der Waals surface area contributed by atoms with E-state index in [1.54, 1.807) is 11.3 Å². The molecule has 1 heterocycles. The van der Waals surface area contributed by atoms with Crippen LogP contribution in [0.25, 0.3) is 0 Å². The molecule has 4 heteroatoms. The largest absolute Gasteiger partial charge is 0.351 e. The first-order valence-corrected chi connectivity index (χ1v) is 6.61. The first kappa shape index (κ1) is 11.7. The number of carbonyl (C=O) groups excluding carboxylic acids is 1. The van der Waals surface area contributed by atoms with Crippen molar-refractivity contribution >= 4 is 28.8 Å². The van der Waals surface area contributed by atoms with E-state index in [0.717, 1.165) is 19.3 Å². The van der Waals surface area contributed by atoms with Gasteiger partial charge in [0.05, 0.1) is 12.5 Å². The van der Waals surface area contributed by atoms with E-state index in [9.17, 15) is 4.79 Å². The number of hydrogen-bond acceptors (Lipinski definition) is 2. The van der Waals surface area contributed by atoms with E-state index in [1.165, 1.54) is 10.4 Å². The maximum atomic E-state index is 12.0. The summed E-state index contributed by atoms with van der Waals surface area (Å²) in [6, 6.07) is 2.07. The van der Waals surface area contributed by atoms with Crippen LogP contribution in [-0.4, -0.2) is 12.5 Å². The predicted molar refractivity (Wildman–Crippen MR) is 68.0 cm³/mol. The average molecular weight is 256 g/mol. The zero-order valence-electron chi connectivity index (χ0n) is 8.96. The highest BCUT2D eigenvalue weighted by atomic mass is 35.5. The fraction of sp³-hybridized carbons (Fsp3) is 0.417. The van der Waals surface area contributed by atoms with Crippen molar-refractivity contribution in [3.05, 3.63) is 33.5 Å². The number of hydrogen-bond donors (Lipinski definition) is 1. The van der Waals surface area contributed by atoms with Crippen molar-refractivity contribution in [2.24, 2.45) is 0 Å². The van der Waals surface area contributed by atoms with E-state index in [1.807, 2.05) is 0 Å². The third-order valence-electron chi connectivity index (χ3n) is 2.82. The van der Waals surface area contributed by atoms with Gasteiger partial charge in [-0.3, -0.25) is 4.79 Å². The van der Waals surface area contributed by atoms with Crippen LogP contribution in [0.1, 0.15) is 29.2 Å². The van der Waals surface area contributed by atoms with Gasteiger partial charge in [0.25, 0.3) is 0 Å². The maximum Gasteiger partial charge on any atom is 0.227 e. The van der Waals surface area contributed by atoms with Crippen LogP contribution in [0, 0.1) is 0 Å². The normalized spacial score (nSPS) is 18.9. The Balaban J connectivity index is 2.06. The molecule has 0 aliphatic heterocycles. The van der Waals surface area contributed by atoms with Gasteiger partial charge >= 0.3 is 0 Å². The summed E-state index contributed by atoms with van der Waals surface area (Å²) >= 11 is 7.38. The molecule has 1 aliphatic rings. The number of thiophene rings is 1. The Bertz CT molecular complexity index is 413. The van der Waals surface area contributed by atoms with Gasteiger partial charge in [0.15, 0.2) is 0 Å². The molecule has 1 amide bonds. The monoisotopic (exact) mass is 255 g/mol. The molecule has 0 saturated carbocycles. The number of nitrogens with one attached hydrogen (secondary N) is 1. The Morgan fingerprint density at radius 3 is 3.25 bits per heavy atom. The van der Waals surface area contributed by atoms with Crippen molar-refractivity contribution in [1.29, 1.82) is 0 Å². The smallest absolute Gasteiger partial charge is 0.227 e. The lowest BCUT2D eigenvalue weighted by molar-refractivity contribution is -0.122. The third-order valence-corrected chi connectivity index (χ3v) is 3.95. The Morgan fingerprint density at radius 2 is 2.50 bits per heavy atom. The fourth-order valence-electron chi connectivity index (χ4n) is 2.06. The summed E-state index contributed by atoms with van der Waals surface area (Å²) in [6.07, 6.45) is 3.14. The highest BCUT2D eigenvalue weighted by Gasteiger charge is 2.26. The van der Waals surface area contributed by atoms with Gasteiger partial charge < -0.3 is 5.32 Å². The Labute approximate surface area is 104 Å². The molecule has 0 radical (unpaired) electrons. The van der Waals surface area contributed by atoms with Crippen LogP contribution in [0.15, 0.2) is 23.1 Å². The zero-order valence-corrected chi connectivity index (χ0v) is 10.5. The van der Waals surface area contributed by atoms with Crippen LogP contribution in [0.3, 0.4) is 0 Å². The summed E-state index contributed by atoms with van der Waals surface area (Å²) in [6.45, 7) is 3.92. The highest BCUT2D eigenvalue weighted by Crippen LogP contribution is 2.34. The molecule has 1 atom stereocenters. The molecule has 1 N–H and O–H groups in total. The van der Waals surface area contributed by atoms with Crippen LogP contribution in [0.5, 0.6) is 0 Å². The minimum absolute atomic E-state index is 0.00557. The molecule has 1 aromatic rings. The summed E-state index contributed by atoms with van der Waals surface area (Å²) in [4.78, 5) is 13.3. The second kappa shape index (κ2) is 5.02. The molecular formula is C12H14ClNOS. The topological polar surface area (TPSA) is 29.1 Å². The summed E-state index contributed by atoms with van der Waals surface area (Å²) in [7, 11) is 0. The summed E-state index contributed by atoms with van der Waals surface area (Å²) < 4.78 is 0. The Morgan fingerprint density at radius 1 is 1.69 bits per heavy atom. The van der Waals surface area contributed by atoms with Crippen molar-refractivity contribution in [1.82, 2.24) is 5.32 Å². The van der Waals surface area contributed by atoms with Crippen molar-refractivity contribution in [2.75, 3.05) is 6.54 Å². The number of halogens is 1. The quantitative estimate of drug-likeness (QED) is 0.884. The lowest BCUT2D eigenvalue weighted by atomic mass is 9.87. The van der Waals surface area contributed by atoms with E-state index < -0.39 is 0 Å². The predicted octanol–water partition coefficient (Wildman–Crippen LogP) is 3.04. The van der Waals surface area contributed by atoms with E-state index in [0.29, 0.717) is 11.6 Å². The van der Waals surface area contributed by atoms with Gasteiger partial charge in [-0.05, 0) is 36.3 Å². The molecule has 0 bridgehead atoms. The standard InChI is InChI=1S/C12H14ClNOS/c1-8(13)7-14-12(15)10-3-2-4-11-9(10)5-6-16-11/h5-6,10H,1-4,7H2,(H,14,15). The van der Waals surface area contributed by atoms with Crippen LogP contribution >= 0.6 is 22.9 Å². The van der Waals surface area contributed by atoms with Crippen molar-refractivity contribution in [3.63, 3.8) is 0 Å². The van der Waals surface area contributed by atoms with E-state index in [2.05, 4.69) is 23.3 Å². The number of rotatable bonds is 3. The van der Waals surface area contributed by atoms with Crippen molar-refractivity contribution in [2.45, 2.75) is 25.2 Å². The molecule has 0 spiro atoms. The number of carbonyl (C=O) groups is 1. The maximum absolute atomic E-state index is 12.0. The molecule has 2 nitrogen and oxygen atoms in total. The molecule has 1 aromatic heterocycles. The molecule has 86 valence electrons. The van der Waals surface area contributed by atoms with Crippen molar-refractivity contribution in [3.8, 4) is 0 Å². The van der Waals surface area contributed by atoms with E-state index >= 15 is 0 Å². The van der Waals surface area contributed by atoms with Gasteiger partial charge in [-0.2, -0.15) is 0 Å². The summed E-state index contributed by atoms with van der Waals surface area (Å²) in [5, 5.41) is 5.35. The van der Waals surface area contributed by atoms with Gasteiger partial charge in [-0.25, -0.2) is 0 Å². The van der Waals surface area contributed by atoms with Gasteiger partial charge in [0.2, 0.25) is 5.91 Å². The second-order valence-corrected chi connectivity index (χ2v) is 5.51. The van der Waals surface area contributed by atoms with Crippen molar-refractivity contribution < 1.29 is 4.79 Å². The molecular weight excluding hydrogens is 242 g/mol. The van der Waals surface area contributed by atoms with E-state index in [4.69, 9.17) is 11.6 Å². The van der Waals surface area contributed by atoms with Crippen LogP contribution in [0.4, 0.5) is 0 Å². The lowest BCUT2D eigenvalue weighted by Crippen LogP contribution is -2.31. The van der Waals surface area contributed by atoms with Gasteiger partial charge in [-0.15, -0.1) is 11.3 Å². The molecule has 0 saturated heterocycles. The first-order valence-electron chi connectivity index (χ1n) is 5.35. The second-order valence-electron chi connectivity index (χ2n) is 3.98. The SMILES string of the molecule is C=C(Cl)CNC(=O)C1CCCc2sccc21. The molecule has 1 aliphatic carbocycles. The molecule has 0 fully saturated rings. The Kier molecular flexibility index (Phi) is 3.66. The molecule has 16 heavy (non-hydrogen) atoms. The first-order chi connectivity index (χ1) is 7.68. The Hall–Kier alpha value is -0.800. The molecule has 2 rings (SSSR count). The highest BCUT2D eigenvalue weighted by molar-refractivity contribution is 7.10. The average Bonchev–Trinajstić information content (AvgIpc) is 2.73. The third kappa shape index (κ3) is 2.47. The summed E-state index contributed by atoms with van der Waals surface area (Å²) in [5.41, 5.74) is 1.20. The number of fused-ring (bicyclic) bond motifs is 1. The fourth-order valence-corrected chi connectivity index (χ4v) is 3.12. The number of amides is 1.